The van der Waals surface area contributed by atoms with Crippen LogP contribution in [0.1, 0.15) is 0 Å². The number of nitrogens with zero attached hydrogens (tertiary/aromatic N) is 2. The van der Waals surface area contributed by atoms with Gasteiger partial charge in [0.05, 0.1) is 4.92 Å². The number of pyridine rings is 1. The maximum absolute atomic E-state index is 10.8. The minimum absolute atomic E-state index is 0.0691. The van der Waals surface area contributed by atoms with Crippen LogP contribution < -0.4 is 10.1 Å². The van der Waals surface area contributed by atoms with Crippen LogP contribution in [0, 0.1) is 10.1 Å². The van der Waals surface area contributed by atoms with Crippen LogP contribution in [0.2, 0.25) is 0 Å². The molecule has 0 saturated carbocycles. The average molecular weight is 245 g/mol. The van der Waals surface area contributed by atoms with Gasteiger partial charge >= 0.3 is 5.69 Å². The molecule has 0 spiro atoms. The predicted molar refractivity (Wildman–Crippen MR) is 67.0 cm³/mol. The van der Waals surface area contributed by atoms with Crippen molar-refractivity contribution in [1.82, 2.24) is 4.98 Å². The molecule has 6 nitrogen and oxygen atoms in total. The minimum atomic E-state index is -0.477. The average Bonchev–Trinajstić information content (AvgIpc) is 2.39. The van der Waals surface area contributed by atoms with Crippen LogP contribution in [-0.4, -0.2) is 17.0 Å². The van der Waals surface area contributed by atoms with E-state index in [1.165, 1.54) is 6.07 Å². The molecule has 1 N–H and O–H groups in total. The van der Waals surface area contributed by atoms with Gasteiger partial charge in [-0.1, -0.05) is 12.1 Å². The standard InChI is InChI=1S/C12H11N3O3/c1-13-12-8-9(6-7-14-12)18-11-5-3-2-4-10(11)15(16)17/h2-8H,1H3,(H,13,14). The number of ether oxygens (including phenoxy) is 1. The lowest BCUT2D eigenvalue weighted by Gasteiger charge is -2.07. The summed E-state index contributed by atoms with van der Waals surface area (Å²) in [6.45, 7) is 0. The molecular weight excluding hydrogens is 234 g/mol. The van der Waals surface area contributed by atoms with Crippen molar-refractivity contribution in [3.8, 4) is 11.5 Å². The molecule has 92 valence electrons. The molecule has 0 unspecified atom stereocenters. The zero-order valence-electron chi connectivity index (χ0n) is 9.66. The van der Waals surface area contributed by atoms with Crippen molar-refractivity contribution < 1.29 is 9.66 Å². The monoisotopic (exact) mass is 245 g/mol. The van der Waals surface area contributed by atoms with E-state index in [2.05, 4.69) is 10.3 Å². The quantitative estimate of drug-likeness (QED) is 0.662. The maximum Gasteiger partial charge on any atom is 0.311 e. The normalized spacial score (nSPS) is 9.83. The molecule has 0 aliphatic rings. The maximum atomic E-state index is 10.8. The Labute approximate surface area is 103 Å². The van der Waals surface area contributed by atoms with Crippen LogP contribution in [0.15, 0.2) is 42.6 Å². The van der Waals surface area contributed by atoms with E-state index < -0.39 is 4.92 Å². The molecule has 0 bridgehead atoms. The molecule has 0 fully saturated rings. The Morgan fingerprint density at radius 2 is 2.11 bits per heavy atom. The first-order valence-corrected chi connectivity index (χ1v) is 5.26. The summed E-state index contributed by atoms with van der Waals surface area (Å²) in [6, 6.07) is 9.53. The number of hydrogen-bond acceptors (Lipinski definition) is 5. The first-order valence-electron chi connectivity index (χ1n) is 5.26. The first kappa shape index (κ1) is 11.8. The van der Waals surface area contributed by atoms with Gasteiger partial charge in [-0.3, -0.25) is 10.1 Å². The van der Waals surface area contributed by atoms with Crippen LogP contribution >= 0.6 is 0 Å². The van der Waals surface area contributed by atoms with Crippen LogP contribution in [0.5, 0.6) is 11.5 Å². The first-order chi connectivity index (χ1) is 8.70. The van der Waals surface area contributed by atoms with E-state index in [1.54, 1.807) is 43.6 Å². The SMILES string of the molecule is CNc1cc(Oc2ccccc2[N+](=O)[O-])ccn1. The second-order valence-corrected chi connectivity index (χ2v) is 3.45. The summed E-state index contributed by atoms with van der Waals surface area (Å²) in [6.07, 6.45) is 1.57. The van der Waals surface area contributed by atoms with Crippen molar-refractivity contribution in [1.29, 1.82) is 0 Å². The van der Waals surface area contributed by atoms with E-state index in [9.17, 15) is 10.1 Å². The van der Waals surface area contributed by atoms with Crippen LogP contribution in [-0.2, 0) is 0 Å². The van der Waals surface area contributed by atoms with Crippen LogP contribution in [0.3, 0.4) is 0 Å². The van der Waals surface area contributed by atoms with Crippen LogP contribution in [0.4, 0.5) is 11.5 Å². The van der Waals surface area contributed by atoms with Crippen molar-refractivity contribution in [2.24, 2.45) is 0 Å². The largest absolute Gasteiger partial charge is 0.450 e. The van der Waals surface area contributed by atoms with E-state index in [1.807, 2.05) is 0 Å². The molecule has 0 aliphatic heterocycles. The van der Waals surface area contributed by atoms with Gasteiger partial charge < -0.3 is 10.1 Å². The van der Waals surface area contributed by atoms with Crippen LogP contribution in [0.25, 0.3) is 0 Å². The Morgan fingerprint density at radius 3 is 2.83 bits per heavy atom. The Hall–Kier alpha value is -2.63. The molecule has 0 saturated heterocycles. The zero-order valence-corrected chi connectivity index (χ0v) is 9.66. The molecule has 2 aromatic rings. The number of para-hydroxylation sites is 2. The molecule has 1 heterocycles. The van der Waals surface area contributed by atoms with Gasteiger partial charge in [-0.15, -0.1) is 0 Å². The smallest absolute Gasteiger partial charge is 0.311 e. The second kappa shape index (κ2) is 5.13. The number of nitro benzene ring substituents is 1. The van der Waals surface area contributed by atoms with Crippen molar-refractivity contribution in [2.75, 3.05) is 12.4 Å². The highest BCUT2D eigenvalue weighted by atomic mass is 16.6. The predicted octanol–water partition coefficient (Wildman–Crippen LogP) is 2.82. The van der Waals surface area contributed by atoms with E-state index >= 15 is 0 Å². The molecule has 1 aromatic carbocycles. The van der Waals surface area contributed by atoms with Crippen molar-refractivity contribution >= 4 is 11.5 Å². The molecule has 0 radical (unpaired) electrons. The van der Waals surface area contributed by atoms with Gasteiger partial charge in [0.15, 0.2) is 0 Å². The van der Waals surface area contributed by atoms with E-state index in [0.717, 1.165) is 0 Å². The van der Waals surface area contributed by atoms with Gasteiger partial charge in [-0.2, -0.15) is 0 Å². The minimum Gasteiger partial charge on any atom is -0.450 e. The molecule has 2 rings (SSSR count). The fourth-order valence-electron chi connectivity index (χ4n) is 1.43. The highest BCUT2D eigenvalue weighted by molar-refractivity contribution is 5.49. The Balaban J connectivity index is 2.31. The summed E-state index contributed by atoms with van der Waals surface area (Å²) in [5, 5.41) is 13.7. The van der Waals surface area contributed by atoms with Gasteiger partial charge in [-0.05, 0) is 12.1 Å². The van der Waals surface area contributed by atoms with Gasteiger partial charge in [0.1, 0.15) is 11.6 Å². The number of benzene rings is 1. The van der Waals surface area contributed by atoms with Crippen molar-refractivity contribution in [3.05, 3.63) is 52.7 Å². The van der Waals surface area contributed by atoms with Gasteiger partial charge in [-0.25, -0.2) is 4.98 Å². The summed E-state index contributed by atoms with van der Waals surface area (Å²) in [5.74, 6) is 1.32. The summed E-state index contributed by atoms with van der Waals surface area (Å²) >= 11 is 0. The van der Waals surface area contributed by atoms with Gasteiger partial charge in [0, 0.05) is 25.4 Å². The molecular formula is C12H11N3O3. The number of nitro groups is 1. The third-order valence-electron chi connectivity index (χ3n) is 2.28. The van der Waals surface area contributed by atoms with Crippen molar-refractivity contribution in [2.45, 2.75) is 0 Å². The lowest BCUT2D eigenvalue weighted by molar-refractivity contribution is -0.385. The highest BCUT2D eigenvalue weighted by Gasteiger charge is 2.14. The Bertz CT molecular complexity index is 572. The summed E-state index contributed by atoms with van der Waals surface area (Å²) < 4.78 is 5.49. The van der Waals surface area contributed by atoms with Gasteiger partial charge in [0.25, 0.3) is 0 Å². The van der Waals surface area contributed by atoms with Gasteiger partial charge in [0.2, 0.25) is 5.75 Å². The number of anilines is 1. The molecule has 0 amide bonds. The topological polar surface area (TPSA) is 77.3 Å². The number of rotatable bonds is 4. The molecule has 0 aliphatic carbocycles. The molecule has 1 aromatic heterocycles. The molecule has 6 heteroatoms. The highest BCUT2D eigenvalue weighted by Crippen LogP contribution is 2.31. The number of nitrogens with one attached hydrogen (secondary N) is 1. The van der Waals surface area contributed by atoms with E-state index in [0.29, 0.717) is 11.6 Å². The summed E-state index contributed by atoms with van der Waals surface area (Å²) in [4.78, 5) is 14.4. The summed E-state index contributed by atoms with van der Waals surface area (Å²) in [7, 11) is 1.73. The lowest BCUT2D eigenvalue weighted by Crippen LogP contribution is -1.95. The Kier molecular flexibility index (Phi) is 3.38. The lowest BCUT2D eigenvalue weighted by atomic mass is 10.3. The second-order valence-electron chi connectivity index (χ2n) is 3.45. The summed E-state index contributed by atoms with van der Waals surface area (Å²) in [5.41, 5.74) is -0.0691. The molecule has 0 atom stereocenters. The number of aromatic nitrogens is 1. The Morgan fingerprint density at radius 1 is 1.33 bits per heavy atom. The third kappa shape index (κ3) is 2.54. The zero-order chi connectivity index (χ0) is 13.0. The van der Waals surface area contributed by atoms with Crippen molar-refractivity contribution in [3.63, 3.8) is 0 Å². The fourth-order valence-corrected chi connectivity index (χ4v) is 1.43. The number of hydrogen-bond donors (Lipinski definition) is 1. The van der Waals surface area contributed by atoms with E-state index in [-0.39, 0.29) is 11.4 Å². The third-order valence-corrected chi connectivity index (χ3v) is 2.28. The fraction of sp³-hybridized carbons (Fsp3) is 0.0833. The van der Waals surface area contributed by atoms with E-state index in [4.69, 9.17) is 4.74 Å². The molecule has 18 heavy (non-hydrogen) atoms.